The van der Waals surface area contributed by atoms with E-state index in [4.69, 9.17) is 21.6 Å². The number of ketones is 1. The van der Waals surface area contributed by atoms with E-state index in [-0.39, 0.29) is 11.7 Å². The molecule has 0 radical (unpaired) electrons. The quantitative estimate of drug-likeness (QED) is 0.485. The maximum absolute atomic E-state index is 11.4. The Morgan fingerprint density at radius 3 is 2.80 bits per heavy atom. The van der Waals surface area contributed by atoms with Gasteiger partial charge >= 0.3 is 0 Å². The minimum atomic E-state index is -0.256. The Bertz CT molecular complexity index is 440. The summed E-state index contributed by atoms with van der Waals surface area (Å²) in [4.78, 5) is 11.4. The third-order valence-electron chi connectivity index (χ3n) is 1.86. The van der Waals surface area contributed by atoms with Crippen LogP contribution in [0.4, 0.5) is 0 Å². The first-order valence-corrected chi connectivity index (χ1v) is 5.62. The molecule has 0 fully saturated rings. The summed E-state index contributed by atoms with van der Waals surface area (Å²) in [7, 11) is 1.52. The molecule has 3 nitrogen and oxygen atoms in total. The predicted octanol–water partition coefficient (Wildman–Crippen LogP) is 2.59. The molecule has 0 saturated heterocycles. The lowest BCUT2D eigenvalue weighted by Crippen LogP contribution is -2.05. The fraction of sp³-hybridized carbons (Fsp3) is 0.200. The number of halogens is 2. The number of hydrogen-bond donors (Lipinski definition) is 0. The standard InChI is InChI=1S/C10H7ClINO2/c1-15-9-3-2-6(8(14)4-11)7(5-13)10(9)12/h2-3H,4H2,1H3. The smallest absolute Gasteiger partial charge is 0.178 e. The minimum Gasteiger partial charge on any atom is -0.496 e. The summed E-state index contributed by atoms with van der Waals surface area (Å²) in [5, 5.41) is 8.96. The molecule has 0 amide bonds. The molecule has 0 aromatic heterocycles. The van der Waals surface area contributed by atoms with Crippen molar-refractivity contribution in [2.45, 2.75) is 0 Å². The summed E-state index contributed by atoms with van der Waals surface area (Å²) >= 11 is 7.42. The van der Waals surface area contributed by atoms with Crippen LogP contribution in [-0.4, -0.2) is 18.8 Å². The van der Waals surface area contributed by atoms with Crippen LogP contribution in [-0.2, 0) is 0 Å². The van der Waals surface area contributed by atoms with Crippen molar-refractivity contribution in [2.24, 2.45) is 0 Å². The molecule has 0 saturated carbocycles. The second-order valence-electron chi connectivity index (χ2n) is 2.67. The first kappa shape index (κ1) is 12.3. The number of Topliss-reactive ketones (excluding diaryl/α,β-unsaturated/α-hetero) is 1. The molecule has 1 rings (SSSR count). The van der Waals surface area contributed by atoms with Gasteiger partial charge in [-0.2, -0.15) is 5.26 Å². The number of carbonyl (C=O) groups excluding carboxylic acids is 1. The van der Waals surface area contributed by atoms with E-state index < -0.39 is 0 Å². The maximum Gasteiger partial charge on any atom is 0.178 e. The van der Waals surface area contributed by atoms with Gasteiger partial charge in [0, 0.05) is 5.56 Å². The molecule has 0 aliphatic carbocycles. The molecule has 0 unspecified atom stereocenters. The zero-order chi connectivity index (χ0) is 11.4. The lowest BCUT2D eigenvalue weighted by Gasteiger charge is -2.07. The van der Waals surface area contributed by atoms with Crippen LogP contribution in [0, 0.1) is 14.9 Å². The highest BCUT2D eigenvalue weighted by Gasteiger charge is 2.16. The van der Waals surface area contributed by atoms with Gasteiger partial charge < -0.3 is 4.74 Å². The second-order valence-corrected chi connectivity index (χ2v) is 4.02. The van der Waals surface area contributed by atoms with Gasteiger partial charge in [0.25, 0.3) is 0 Å². The fourth-order valence-corrected chi connectivity index (χ4v) is 2.08. The molecule has 0 aliphatic heterocycles. The number of ether oxygens (including phenoxy) is 1. The number of carbonyl (C=O) groups is 1. The van der Waals surface area contributed by atoms with E-state index in [0.29, 0.717) is 20.4 Å². The van der Waals surface area contributed by atoms with Crippen molar-refractivity contribution < 1.29 is 9.53 Å². The Morgan fingerprint density at radius 1 is 1.67 bits per heavy atom. The van der Waals surface area contributed by atoms with Crippen LogP contribution in [0.15, 0.2) is 12.1 Å². The predicted molar refractivity (Wildman–Crippen MR) is 65.5 cm³/mol. The van der Waals surface area contributed by atoms with Crippen molar-refractivity contribution in [1.29, 1.82) is 5.26 Å². The Hall–Kier alpha value is -0.800. The number of rotatable bonds is 3. The van der Waals surface area contributed by atoms with Crippen LogP contribution in [0.1, 0.15) is 15.9 Å². The first-order valence-electron chi connectivity index (χ1n) is 4.01. The summed E-state index contributed by atoms with van der Waals surface area (Å²) < 4.78 is 5.69. The molecular formula is C10H7ClINO2. The Labute approximate surface area is 106 Å². The van der Waals surface area contributed by atoms with Gasteiger partial charge in [-0.15, -0.1) is 11.6 Å². The van der Waals surface area contributed by atoms with Gasteiger partial charge in [-0.3, -0.25) is 4.79 Å². The third kappa shape index (κ3) is 2.41. The molecule has 0 aliphatic rings. The van der Waals surface area contributed by atoms with E-state index in [9.17, 15) is 4.79 Å². The highest BCUT2D eigenvalue weighted by Crippen LogP contribution is 2.27. The molecule has 78 valence electrons. The van der Waals surface area contributed by atoms with Crippen molar-refractivity contribution in [3.63, 3.8) is 0 Å². The van der Waals surface area contributed by atoms with E-state index in [0.717, 1.165) is 0 Å². The van der Waals surface area contributed by atoms with E-state index in [2.05, 4.69) is 0 Å². The zero-order valence-corrected chi connectivity index (χ0v) is 10.8. The molecule has 0 atom stereocenters. The number of alkyl halides is 1. The van der Waals surface area contributed by atoms with Crippen molar-refractivity contribution in [2.75, 3.05) is 13.0 Å². The van der Waals surface area contributed by atoms with E-state index in [1.807, 2.05) is 28.7 Å². The summed E-state index contributed by atoms with van der Waals surface area (Å²) in [6.07, 6.45) is 0. The van der Waals surface area contributed by atoms with E-state index in [1.54, 1.807) is 12.1 Å². The number of methoxy groups -OCH3 is 1. The van der Waals surface area contributed by atoms with Crippen LogP contribution in [0.5, 0.6) is 5.75 Å². The maximum atomic E-state index is 11.4. The average Bonchev–Trinajstić information content (AvgIpc) is 2.27. The van der Waals surface area contributed by atoms with Gasteiger partial charge in [0.05, 0.1) is 22.1 Å². The van der Waals surface area contributed by atoms with Crippen LogP contribution in [0.3, 0.4) is 0 Å². The van der Waals surface area contributed by atoms with Crippen molar-refractivity contribution in [3.8, 4) is 11.8 Å². The number of nitriles is 1. The molecular weight excluding hydrogens is 328 g/mol. The van der Waals surface area contributed by atoms with E-state index in [1.165, 1.54) is 7.11 Å². The van der Waals surface area contributed by atoms with Gasteiger partial charge in [0.15, 0.2) is 5.78 Å². The average molecular weight is 336 g/mol. The summed E-state index contributed by atoms with van der Waals surface area (Å²) in [5.41, 5.74) is 0.665. The number of hydrogen-bond acceptors (Lipinski definition) is 3. The van der Waals surface area contributed by atoms with Crippen LogP contribution in [0.25, 0.3) is 0 Å². The molecule has 0 bridgehead atoms. The molecule has 1 aromatic rings. The topological polar surface area (TPSA) is 50.1 Å². The molecule has 0 spiro atoms. The first-order chi connectivity index (χ1) is 7.15. The Balaban J connectivity index is 3.39. The van der Waals surface area contributed by atoms with Gasteiger partial charge in [-0.25, -0.2) is 0 Å². The largest absolute Gasteiger partial charge is 0.496 e. The highest BCUT2D eigenvalue weighted by molar-refractivity contribution is 14.1. The lowest BCUT2D eigenvalue weighted by molar-refractivity contribution is 0.102. The molecule has 1 aromatic carbocycles. The van der Waals surface area contributed by atoms with Crippen molar-refractivity contribution in [3.05, 3.63) is 26.8 Å². The number of nitrogens with zero attached hydrogens (tertiary/aromatic N) is 1. The second kappa shape index (κ2) is 5.33. The van der Waals surface area contributed by atoms with Crippen molar-refractivity contribution in [1.82, 2.24) is 0 Å². The van der Waals surface area contributed by atoms with Gasteiger partial charge in [0.2, 0.25) is 0 Å². The SMILES string of the molecule is COc1ccc(C(=O)CCl)c(C#N)c1I. The molecule has 15 heavy (non-hydrogen) atoms. The molecule has 5 heteroatoms. The lowest BCUT2D eigenvalue weighted by atomic mass is 10.1. The molecule has 0 N–H and O–H groups in total. The fourth-order valence-electron chi connectivity index (χ4n) is 1.13. The van der Waals surface area contributed by atoms with E-state index >= 15 is 0 Å². The third-order valence-corrected chi connectivity index (χ3v) is 3.17. The Morgan fingerprint density at radius 2 is 2.33 bits per heavy atom. The van der Waals surface area contributed by atoms with Crippen molar-refractivity contribution >= 4 is 40.0 Å². The molecule has 0 heterocycles. The summed E-state index contributed by atoms with van der Waals surface area (Å²) in [6, 6.07) is 5.20. The van der Waals surface area contributed by atoms with Gasteiger partial charge in [-0.05, 0) is 34.7 Å². The zero-order valence-electron chi connectivity index (χ0n) is 7.88. The summed E-state index contributed by atoms with van der Waals surface area (Å²) in [5.74, 6) is 0.198. The monoisotopic (exact) mass is 335 g/mol. The number of benzene rings is 1. The van der Waals surface area contributed by atoms with Crippen LogP contribution < -0.4 is 4.74 Å². The summed E-state index contributed by atoms with van der Waals surface area (Å²) in [6.45, 7) is 0. The van der Waals surface area contributed by atoms with Gasteiger partial charge in [-0.1, -0.05) is 0 Å². The van der Waals surface area contributed by atoms with Crippen LogP contribution >= 0.6 is 34.2 Å². The normalized spacial score (nSPS) is 9.47. The van der Waals surface area contributed by atoms with Gasteiger partial charge in [0.1, 0.15) is 11.8 Å². The van der Waals surface area contributed by atoms with Crippen LogP contribution in [0.2, 0.25) is 0 Å². The minimum absolute atomic E-state index is 0.128. The Kier molecular flexibility index (Phi) is 4.36. The highest BCUT2D eigenvalue weighted by atomic mass is 127.